The lowest BCUT2D eigenvalue weighted by Gasteiger charge is -2.36. The number of furan rings is 1. The van der Waals surface area contributed by atoms with Crippen LogP contribution in [0.4, 0.5) is 0 Å². The van der Waals surface area contributed by atoms with Gasteiger partial charge in [-0.25, -0.2) is 0 Å². The van der Waals surface area contributed by atoms with Gasteiger partial charge >= 0.3 is 0 Å². The summed E-state index contributed by atoms with van der Waals surface area (Å²) in [7, 11) is 0. The number of hydrogen-bond acceptors (Lipinski definition) is 4. The Morgan fingerprint density at radius 2 is 1.88 bits per heavy atom. The molecule has 176 valence electrons. The maximum absolute atomic E-state index is 13.5. The number of rotatable bonds is 12. The first-order valence-electron chi connectivity index (χ1n) is 11.9. The van der Waals surface area contributed by atoms with Crippen LogP contribution in [0.5, 0.6) is 0 Å². The quantitative estimate of drug-likeness (QED) is 0.505. The topological polar surface area (TPSA) is 65.8 Å². The van der Waals surface area contributed by atoms with Gasteiger partial charge in [-0.1, -0.05) is 56.3 Å². The van der Waals surface area contributed by atoms with Gasteiger partial charge in [-0.3, -0.25) is 9.59 Å². The summed E-state index contributed by atoms with van der Waals surface area (Å²) >= 11 is 0. The number of nitrogens with zero attached hydrogens (tertiary/aromatic N) is 2. The summed E-state index contributed by atoms with van der Waals surface area (Å²) in [5, 5.41) is 3.02. The van der Waals surface area contributed by atoms with Crippen LogP contribution in [0.2, 0.25) is 0 Å². The van der Waals surface area contributed by atoms with E-state index in [4.69, 9.17) is 4.42 Å². The number of amides is 2. The van der Waals surface area contributed by atoms with Crippen LogP contribution < -0.4 is 5.32 Å². The van der Waals surface area contributed by atoms with Gasteiger partial charge in [0.1, 0.15) is 5.76 Å². The van der Waals surface area contributed by atoms with E-state index in [-0.39, 0.29) is 17.9 Å². The van der Waals surface area contributed by atoms with Crippen molar-refractivity contribution < 1.29 is 14.0 Å². The predicted octanol–water partition coefficient (Wildman–Crippen LogP) is 4.82. The van der Waals surface area contributed by atoms with Gasteiger partial charge in [-0.15, -0.1) is 0 Å². The van der Waals surface area contributed by atoms with Gasteiger partial charge in [0.05, 0.1) is 6.26 Å². The smallest absolute Gasteiger partial charge is 0.251 e. The number of benzene rings is 1. The summed E-state index contributed by atoms with van der Waals surface area (Å²) in [6, 6.07) is 12.5. The van der Waals surface area contributed by atoms with E-state index in [0.29, 0.717) is 18.7 Å². The van der Waals surface area contributed by atoms with E-state index < -0.39 is 6.04 Å². The molecule has 6 heteroatoms. The minimum atomic E-state index is -0.793. The Balaban J connectivity index is 1.75. The Kier molecular flexibility index (Phi) is 9.36. The van der Waals surface area contributed by atoms with Crippen molar-refractivity contribution >= 4 is 11.8 Å². The third-order valence-corrected chi connectivity index (χ3v) is 5.99. The zero-order valence-corrected chi connectivity index (χ0v) is 19.7. The van der Waals surface area contributed by atoms with Gasteiger partial charge < -0.3 is 19.5 Å². The molecule has 0 bridgehead atoms. The lowest BCUT2D eigenvalue weighted by atomic mass is 10.0. The summed E-state index contributed by atoms with van der Waals surface area (Å²) < 4.78 is 5.66. The highest BCUT2D eigenvalue weighted by atomic mass is 16.3. The third-order valence-electron chi connectivity index (χ3n) is 5.99. The SMILES string of the molecule is CCC(CC)N(C(=O)CCCN1C=CC=CC1)C(C(=O)NCc1ccccc1)c1ccco1. The van der Waals surface area contributed by atoms with Crippen LogP contribution in [0, 0.1) is 0 Å². The van der Waals surface area contributed by atoms with E-state index in [1.54, 1.807) is 23.3 Å². The number of carbonyl (C=O) groups is 2. The van der Waals surface area contributed by atoms with Crippen molar-refractivity contribution in [1.29, 1.82) is 0 Å². The average Bonchev–Trinajstić information content (AvgIpc) is 3.38. The first-order valence-corrected chi connectivity index (χ1v) is 11.9. The highest BCUT2D eigenvalue weighted by Gasteiger charge is 2.36. The highest BCUT2D eigenvalue weighted by molar-refractivity contribution is 5.88. The van der Waals surface area contributed by atoms with Gasteiger partial charge in [0.15, 0.2) is 6.04 Å². The Hall–Kier alpha value is -3.28. The molecule has 1 aromatic carbocycles. The van der Waals surface area contributed by atoms with Gasteiger partial charge in [0.2, 0.25) is 5.91 Å². The lowest BCUT2D eigenvalue weighted by molar-refractivity contribution is -0.144. The summed E-state index contributed by atoms with van der Waals surface area (Å²) in [6.07, 6.45) is 12.4. The monoisotopic (exact) mass is 449 g/mol. The molecular weight excluding hydrogens is 414 g/mol. The molecule has 0 fully saturated rings. The number of allylic oxidation sites excluding steroid dienone is 2. The lowest BCUT2D eigenvalue weighted by Crippen LogP contribution is -2.48. The Bertz CT molecular complexity index is 917. The first kappa shape index (κ1) is 24.4. The maximum atomic E-state index is 13.5. The van der Waals surface area contributed by atoms with Gasteiger partial charge in [-0.05, 0) is 49.2 Å². The molecule has 1 unspecified atom stereocenters. The van der Waals surface area contributed by atoms with E-state index in [1.807, 2.05) is 48.7 Å². The van der Waals surface area contributed by atoms with Crippen molar-refractivity contribution in [3.05, 3.63) is 84.5 Å². The largest absolute Gasteiger partial charge is 0.467 e. The van der Waals surface area contributed by atoms with Gasteiger partial charge in [0, 0.05) is 32.1 Å². The molecule has 0 saturated carbocycles. The van der Waals surface area contributed by atoms with Crippen molar-refractivity contribution in [3.8, 4) is 0 Å². The zero-order valence-electron chi connectivity index (χ0n) is 19.7. The minimum absolute atomic E-state index is 0.0171. The van der Waals surface area contributed by atoms with Crippen LogP contribution in [-0.4, -0.2) is 40.7 Å². The van der Waals surface area contributed by atoms with Crippen LogP contribution in [-0.2, 0) is 16.1 Å². The molecule has 2 amide bonds. The molecule has 1 aromatic heterocycles. The summed E-state index contributed by atoms with van der Waals surface area (Å²) in [6.45, 7) is 6.17. The molecule has 33 heavy (non-hydrogen) atoms. The normalized spacial score (nSPS) is 13.8. The second-order valence-corrected chi connectivity index (χ2v) is 8.26. The zero-order chi connectivity index (χ0) is 23.5. The fourth-order valence-electron chi connectivity index (χ4n) is 4.20. The van der Waals surface area contributed by atoms with Crippen LogP contribution in [0.3, 0.4) is 0 Å². The van der Waals surface area contributed by atoms with Gasteiger partial charge in [0.25, 0.3) is 5.91 Å². The van der Waals surface area contributed by atoms with Crippen molar-refractivity contribution in [2.24, 2.45) is 0 Å². The van der Waals surface area contributed by atoms with Crippen LogP contribution in [0.15, 0.2) is 77.6 Å². The highest BCUT2D eigenvalue weighted by Crippen LogP contribution is 2.28. The molecule has 1 aliphatic rings. The molecule has 6 nitrogen and oxygen atoms in total. The molecule has 1 aliphatic heterocycles. The molecule has 0 aliphatic carbocycles. The van der Waals surface area contributed by atoms with Gasteiger partial charge in [-0.2, -0.15) is 0 Å². The molecule has 1 N–H and O–H groups in total. The first-order chi connectivity index (χ1) is 16.1. The summed E-state index contributed by atoms with van der Waals surface area (Å²) in [5.41, 5.74) is 1.01. The van der Waals surface area contributed by atoms with E-state index in [9.17, 15) is 9.59 Å². The number of nitrogens with one attached hydrogen (secondary N) is 1. The molecule has 0 radical (unpaired) electrons. The van der Waals surface area contributed by atoms with E-state index in [2.05, 4.69) is 30.1 Å². The Morgan fingerprint density at radius 3 is 2.52 bits per heavy atom. The van der Waals surface area contributed by atoms with Crippen LogP contribution in [0.25, 0.3) is 0 Å². The fourth-order valence-corrected chi connectivity index (χ4v) is 4.20. The Morgan fingerprint density at radius 1 is 1.09 bits per heavy atom. The Labute approximate surface area is 196 Å². The van der Waals surface area contributed by atoms with Crippen molar-refractivity contribution in [2.75, 3.05) is 13.1 Å². The van der Waals surface area contributed by atoms with Crippen LogP contribution >= 0.6 is 0 Å². The average molecular weight is 450 g/mol. The molecule has 0 saturated heterocycles. The van der Waals surface area contributed by atoms with Crippen molar-refractivity contribution in [1.82, 2.24) is 15.1 Å². The van der Waals surface area contributed by atoms with E-state index in [1.165, 1.54) is 0 Å². The molecule has 2 heterocycles. The number of carbonyl (C=O) groups excluding carboxylic acids is 2. The van der Waals surface area contributed by atoms with Crippen molar-refractivity contribution in [2.45, 2.75) is 58.2 Å². The van der Waals surface area contributed by atoms with Crippen molar-refractivity contribution in [3.63, 3.8) is 0 Å². The second-order valence-electron chi connectivity index (χ2n) is 8.26. The minimum Gasteiger partial charge on any atom is -0.467 e. The molecule has 3 rings (SSSR count). The second kappa shape index (κ2) is 12.7. The van der Waals surface area contributed by atoms with E-state index in [0.717, 1.165) is 37.9 Å². The summed E-state index contributed by atoms with van der Waals surface area (Å²) in [4.78, 5) is 30.9. The predicted molar refractivity (Wildman–Crippen MR) is 130 cm³/mol. The fraction of sp³-hybridized carbons (Fsp3) is 0.407. The summed E-state index contributed by atoms with van der Waals surface area (Å²) in [5.74, 6) is 0.250. The van der Waals surface area contributed by atoms with Crippen LogP contribution in [0.1, 0.15) is 56.9 Å². The van der Waals surface area contributed by atoms with E-state index >= 15 is 0 Å². The third kappa shape index (κ3) is 6.85. The molecule has 1 atom stereocenters. The standard InChI is InChI=1S/C27H35N3O3/c1-3-23(4-2)30(25(31)16-11-19-29-17-9-6-10-18-29)26(24-15-12-20-33-24)27(32)28-21-22-13-7-5-8-14-22/h5-10,12-15,17,20,23,26H,3-4,11,16,18-19,21H2,1-2H3,(H,28,32). The maximum Gasteiger partial charge on any atom is 0.251 e. The molecule has 2 aromatic rings. The number of hydrogen-bond donors (Lipinski definition) is 1. The molecular formula is C27H35N3O3. The molecule has 0 spiro atoms.